The zero-order valence-corrected chi connectivity index (χ0v) is 12.3. The van der Waals surface area contributed by atoms with Gasteiger partial charge in [-0.2, -0.15) is 11.8 Å². The van der Waals surface area contributed by atoms with E-state index in [1.807, 2.05) is 0 Å². The number of hydrogen-bond donors (Lipinski definition) is 1. The van der Waals surface area contributed by atoms with E-state index in [2.05, 4.69) is 0 Å². The summed E-state index contributed by atoms with van der Waals surface area (Å²) in [5.41, 5.74) is -0.412. The van der Waals surface area contributed by atoms with Gasteiger partial charge in [-0.25, -0.2) is 13.2 Å². The first-order valence-electron chi connectivity index (χ1n) is 7.05. The number of aliphatic hydroxyl groups excluding tert-OH is 1. The van der Waals surface area contributed by atoms with Crippen LogP contribution in [-0.2, 0) is 4.74 Å². The quantitative estimate of drug-likeness (QED) is 0.847. The predicted molar refractivity (Wildman–Crippen MR) is 74.6 cm³/mol. The summed E-state index contributed by atoms with van der Waals surface area (Å²) in [5.74, 6) is -1.58. The zero-order chi connectivity index (χ0) is 15.0. The Labute approximate surface area is 125 Å². The van der Waals surface area contributed by atoms with Crippen LogP contribution in [-0.4, -0.2) is 28.8 Å². The number of aliphatic hydroxyl groups is 1. The molecule has 3 atom stereocenters. The van der Waals surface area contributed by atoms with E-state index in [0.717, 1.165) is 24.0 Å². The van der Waals surface area contributed by atoms with Gasteiger partial charge in [-0.05, 0) is 37.0 Å². The molecule has 0 aliphatic carbocycles. The summed E-state index contributed by atoms with van der Waals surface area (Å²) in [6, 6.07) is 1.26. The van der Waals surface area contributed by atoms with Gasteiger partial charge in [0.1, 0.15) is 5.82 Å². The fourth-order valence-electron chi connectivity index (χ4n) is 3.22. The van der Waals surface area contributed by atoms with Gasteiger partial charge in [0.15, 0.2) is 11.6 Å². The lowest BCUT2D eigenvalue weighted by molar-refractivity contribution is -0.102. The van der Waals surface area contributed by atoms with Crippen LogP contribution in [0, 0.1) is 23.4 Å². The minimum absolute atomic E-state index is 0.165. The number of hydrogen-bond acceptors (Lipinski definition) is 3. The first-order valence-corrected chi connectivity index (χ1v) is 8.20. The van der Waals surface area contributed by atoms with Crippen molar-refractivity contribution in [2.75, 3.05) is 18.1 Å². The van der Waals surface area contributed by atoms with Crippen molar-refractivity contribution in [2.45, 2.75) is 31.0 Å². The van der Waals surface area contributed by atoms with E-state index in [1.54, 1.807) is 11.8 Å². The average molecular weight is 318 g/mol. The number of ether oxygens (including phenoxy) is 1. The van der Waals surface area contributed by atoms with Crippen LogP contribution in [0.3, 0.4) is 0 Å². The lowest BCUT2D eigenvalue weighted by Crippen LogP contribution is -2.41. The van der Waals surface area contributed by atoms with Crippen LogP contribution < -0.4 is 0 Å². The van der Waals surface area contributed by atoms with Crippen molar-refractivity contribution in [3.05, 3.63) is 35.1 Å². The number of halogens is 3. The topological polar surface area (TPSA) is 29.5 Å². The van der Waals surface area contributed by atoms with Gasteiger partial charge in [0, 0.05) is 24.0 Å². The Hall–Kier alpha value is -0.720. The summed E-state index contributed by atoms with van der Waals surface area (Å²) in [6.45, 7) is 0.508. The van der Waals surface area contributed by atoms with Crippen molar-refractivity contribution in [3.63, 3.8) is 0 Å². The molecule has 1 spiro atoms. The van der Waals surface area contributed by atoms with Crippen LogP contribution in [0.5, 0.6) is 0 Å². The van der Waals surface area contributed by atoms with Crippen molar-refractivity contribution >= 4 is 11.8 Å². The fraction of sp³-hybridized carbons (Fsp3) is 0.600. The highest BCUT2D eigenvalue weighted by Crippen LogP contribution is 2.44. The predicted octanol–water partition coefficient (Wildman–Crippen LogP) is 3.44. The molecule has 1 aromatic rings. The van der Waals surface area contributed by atoms with Gasteiger partial charge < -0.3 is 9.84 Å². The van der Waals surface area contributed by atoms with Crippen molar-refractivity contribution < 1.29 is 23.0 Å². The van der Waals surface area contributed by atoms with Crippen LogP contribution in [0.25, 0.3) is 0 Å². The number of benzene rings is 1. The number of rotatable bonds is 2. The van der Waals surface area contributed by atoms with Crippen LogP contribution in [0.15, 0.2) is 12.1 Å². The molecule has 2 aliphatic rings. The van der Waals surface area contributed by atoms with Gasteiger partial charge in [-0.1, -0.05) is 0 Å². The molecule has 3 unspecified atom stereocenters. The van der Waals surface area contributed by atoms with E-state index in [1.165, 1.54) is 0 Å². The molecule has 2 fully saturated rings. The van der Waals surface area contributed by atoms with Crippen LogP contribution in [0.2, 0.25) is 0 Å². The number of thioether (sulfide) groups is 1. The monoisotopic (exact) mass is 318 g/mol. The summed E-state index contributed by atoms with van der Waals surface area (Å²) in [7, 11) is 0. The van der Waals surface area contributed by atoms with Gasteiger partial charge in [-0.3, -0.25) is 0 Å². The second-order valence-electron chi connectivity index (χ2n) is 5.82. The average Bonchev–Trinajstić information content (AvgIpc) is 2.90. The molecular weight excluding hydrogens is 301 g/mol. The van der Waals surface area contributed by atoms with Crippen LogP contribution in [0.4, 0.5) is 13.2 Å². The third-order valence-corrected chi connectivity index (χ3v) is 5.63. The van der Waals surface area contributed by atoms with Gasteiger partial charge in [0.05, 0.1) is 11.7 Å². The molecule has 21 heavy (non-hydrogen) atoms. The third kappa shape index (κ3) is 2.94. The molecule has 2 aliphatic heterocycles. The molecule has 116 valence electrons. The Morgan fingerprint density at radius 2 is 2.00 bits per heavy atom. The maximum absolute atomic E-state index is 13.8. The van der Waals surface area contributed by atoms with Gasteiger partial charge in [0.2, 0.25) is 0 Å². The second kappa shape index (κ2) is 5.82. The Morgan fingerprint density at radius 1 is 1.24 bits per heavy atom. The van der Waals surface area contributed by atoms with E-state index in [9.17, 15) is 18.3 Å². The molecule has 0 aromatic heterocycles. The molecule has 0 amide bonds. The lowest BCUT2D eigenvalue weighted by Gasteiger charge is -2.39. The smallest absolute Gasteiger partial charge is 0.161 e. The summed E-state index contributed by atoms with van der Waals surface area (Å²) in [5, 5.41) is 10.4. The largest absolute Gasteiger partial charge is 0.388 e. The van der Waals surface area contributed by atoms with Gasteiger partial charge >= 0.3 is 0 Å². The molecule has 0 saturated carbocycles. The molecular formula is C15H17F3O2S. The highest BCUT2D eigenvalue weighted by Gasteiger charge is 2.42. The van der Waals surface area contributed by atoms with Crippen molar-refractivity contribution in [1.82, 2.24) is 0 Å². The Bertz CT molecular complexity index is 532. The molecule has 2 nitrogen and oxygen atoms in total. The minimum atomic E-state index is -1.24. The molecule has 0 bridgehead atoms. The molecule has 1 aromatic carbocycles. The Kier molecular flexibility index (Phi) is 4.21. The summed E-state index contributed by atoms with van der Waals surface area (Å²) >= 11 is 1.81. The maximum atomic E-state index is 13.8. The van der Waals surface area contributed by atoms with Crippen LogP contribution in [0.1, 0.15) is 30.9 Å². The van der Waals surface area contributed by atoms with E-state index in [0.29, 0.717) is 25.5 Å². The Morgan fingerprint density at radius 3 is 2.71 bits per heavy atom. The van der Waals surface area contributed by atoms with E-state index >= 15 is 0 Å². The fourth-order valence-corrected chi connectivity index (χ4v) is 4.60. The minimum Gasteiger partial charge on any atom is -0.388 e. The molecule has 2 saturated heterocycles. The highest BCUT2D eigenvalue weighted by atomic mass is 32.2. The highest BCUT2D eigenvalue weighted by molar-refractivity contribution is 7.99. The summed E-state index contributed by atoms with van der Waals surface area (Å²) < 4.78 is 45.9. The second-order valence-corrected chi connectivity index (χ2v) is 6.92. The van der Waals surface area contributed by atoms with Crippen molar-refractivity contribution in [2.24, 2.45) is 5.92 Å². The Balaban J connectivity index is 1.81. The SMILES string of the molecule is OC(c1cc(F)c(F)cc1F)C1CCOC2(CCSC2)C1. The van der Waals surface area contributed by atoms with E-state index in [4.69, 9.17) is 4.74 Å². The third-order valence-electron chi connectivity index (χ3n) is 4.40. The summed E-state index contributed by atoms with van der Waals surface area (Å²) in [6.07, 6.45) is 0.999. The van der Waals surface area contributed by atoms with E-state index < -0.39 is 23.6 Å². The molecule has 3 rings (SSSR count). The first-order chi connectivity index (χ1) is 10.0. The van der Waals surface area contributed by atoms with Gasteiger partial charge in [-0.15, -0.1) is 0 Å². The molecule has 1 N–H and O–H groups in total. The van der Waals surface area contributed by atoms with Crippen LogP contribution >= 0.6 is 11.8 Å². The maximum Gasteiger partial charge on any atom is 0.161 e. The zero-order valence-electron chi connectivity index (χ0n) is 11.4. The molecule has 0 radical (unpaired) electrons. The van der Waals surface area contributed by atoms with E-state index in [-0.39, 0.29) is 17.1 Å². The summed E-state index contributed by atoms with van der Waals surface area (Å²) in [4.78, 5) is 0. The molecule has 6 heteroatoms. The standard InChI is InChI=1S/C15H17F3O2S/c16-11-6-13(18)12(17)5-10(11)14(19)9-1-3-20-15(7-9)2-4-21-8-15/h5-6,9,14,19H,1-4,7-8H2. The van der Waals surface area contributed by atoms with Crippen molar-refractivity contribution in [1.29, 1.82) is 0 Å². The normalized spacial score (nSPS) is 30.8. The molecule has 2 heterocycles. The first kappa shape index (κ1) is 15.2. The van der Waals surface area contributed by atoms with Gasteiger partial charge in [0.25, 0.3) is 0 Å². The van der Waals surface area contributed by atoms with Crippen molar-refractivity contribution in [3.8, 4) is 0 Å². The lowest BCUT2D eigenvalue weighted by atomic mass is 9.80.